The molecular weight excluding hydrogens is 346 g/mol. The Balaban J connectivity index is 1.56. The van der Waals surface area contributed by atoms with Gasteiger partial charge < -0.3 is 9.88 Å². The smallest absolute Gasteiger partial charge is 0.224 e. The van der Waals surface area contributed by atoms with Gasteiger partial charge >= 0.3 is 0 Å². The van der Waals surface area contributed by atoms with Gasteiger partial charge in [-0.05, 0) is 54.0 Å². The van der Waals surface area contributed by atoms with Crippen LogP contribution in [0.15, 0.2) is 73.1 Å². The van der Waals surface area contributed by atoms with Gasteiger partial charge in [-0.1, -0.05) is 50.2 Å². The normalized spacial score (nSPS) is 11.0. The molecule has 0 saturated carbocycles. The summed E-state index contributed by atoms with van der Waals surface area (Å²) in [6.07, 6.45) is 4.42. The van der Waals surface area contributed by atoms with Crippen molar-refractivity contribution < 1.29 is 4.79 Å². The van der Waals surface area contributed by atoms with Crippen molar-refractivity contribution in [3.8, 4) is 5.69 Å². The third kappa shape index (κ3) is 5.33. The molecule has 0 saturated heterocycles. The lowest BCUT2D eigenvalue weighted by Gasteiger charge is -2.20. The molecule has 28 heavy (non-hydrogen) atoms. The van der Waals surface area contributed by atoms with Crippen molar-refractivity contribution in [3.05, 3.63) is 89.7 Å². The summed E-state index contributed by atoms with van der Waals surface area (Å²) in [5, 5.41) is 3.08. The predicted octanol–water partition coefficient (Wildman–Crippen LogP) is 4.18. The van der Waals surface area contributed by atoms with Crippen LogP contribution in [0, 0.1) is 0 Å². The first-order chi connectivity index (χ1) is 13.7. The first-order valence-corrected chi connectivity index (χ1v) is 9.97. The Morgan fingerprint density at radius 1 is 0.893 bits per heavy atom. The summed E-state index contributed by atoms with van der Waals surface area (Å²) in [5.41, 5.74) is 4.58. The van der Waals surface area contributed by atoms with Gasteiger partial charge in [0.15, 0.2) is 0 Å². The molecule has 1 heterocycles. The van der Waals surface area contributed by atoms with Crippen LogP contribution in [-0.2, 0) is 24.3 Å². The van der Waals surface area contributed by atoms with Gasteiger partial charge in [0.25, 0.3) is 0 Å². The Morgan fingerprint density at radius 3 is 2.18 bits per heavy atom. The molecule has 4 heteroatoms. The molecular formula is C24H29N3O. The van der Waals surface area contributed by atoms with Gasteiger partial charge in [-0.3, -0.25) is 9.69 Å². The van der Waals surface area contributed by atoms with Gasteiger partial charge in [-0.15, -0.1) is 0 Å². The highest BCUT2D eigenvalue weighted by Crippen LogP contribution is 2.13. The van der Waals surface area contributed by atoms with E-state index in [9.17, 15) is 4.79 Å². The zero-order valence-corrected chi connectivity index (χ0v) is 16.8. The Bertz CT molecular complexity index is 865. The number of carbonyl (C=O) groups excluding carboxylic acids is 1. The van der Waals surface area contributed by atoms with Gasteiger partial charge in [0.05, 0.1) is 6.42 Å². The number of benzene rings is 2. The van der Waals surface area contributed by atoms with Crippen LogP contribution in [0.25, 0.3) is 5.69 Å². The van der Waals surface area contributed by atoms with Crippen molar-refractivity contribution in [2.24, 2.45) is 0 Å². The minimum Gasteiger partial charge on any atom is -0.352 e. The number of amides is 1. The topological polar surface area (TPSA) is 37.3 Å². The number of aromatic nitrogens is 1. The molecule has 2 aromatic carbocycles. The van der Waals surface area contributed by atoms with Gasteiger partial charge in [0.1, 0.15) is 0 Å². The number of hydrogen-bond donors (Lipinski definition) is 1. The third-order valence-corrected chi connectivity index (χ3v) is 5.09. The Kier molecular flexibility index (Phi) is 7.04. The lowest BCUT2D eigenvalue weighted by atomic mass is 10.1. The summed E-state index contributed by atoms with van der Waals surface area (Å²) in [6, 6.07) is 20.5. The van der Waals surface area contributed by atoms with E-state index in [0.29, 0.717) is 13.0 Å². The molecule has 0 aliphatic carbocycles. The van der Waals surface area contributed by atoms with E-state index >= 15 is 0 Å². The fourth-order valence-corrected chi connectivity index (χ4v) is 3.31. The van der Waals surface area contributed by atoms with Crippen LogP contribution >= 0.6 is 0 Å². The quantitative estimate of drug-likeness (QED) is 0.609. The van der Waals surface area contributed by atoms with E-state index in [4.69, 9.17) is 0 Å². The highest BCUT2D eigenvalue weighted by atomic mass is 16.1. The maximum Gasteiger partial charge on any atom is 0.224 e. The van der Waals surface area contributed by atoms with Crippen LogP contribution in [0.5, 0.6) is 0 Å². The van der Waals surface area contributed by atoms with Crippen LogP contribution in [0.4, 0.5) is 0 Å². The van der Waals surface area contributed by atoms with E-state index in [2.05, 4.69) is 46.8 Å². The van der Waals surface area contributed by atoms with Crippen LogP contribution in [-0.4, -0.2) is 28.5 Å². The molecule has 1 amide bonds. The van der Waals surface area contributed by atoms with Crippen molar-refractivity contribution in [3.63, 3.8) is 0 Å². The Labute approximate surface area is 167 Å². The van der Waals surface area contributed by atoms with Gasteiger partial charge in [-0.2, -0.15) is 0 Å². The summed E-state index contributed by atoms with van der Waals surface area (Å²) in [4.78, 5) is 14.8. The monoisotopic (exact) mass is 375 g/mol. The number of rotatable bonds is 9. The number of nitrogens with one attached hydrogen (secondary N) is 1. The molecule has 0 radical (unpaired) electrons. The molecule has 0 unspecified atom stereocenters. The Morgan fingerprint density at radius 2 is 1.54 bits per heavy atom. The minimum absolute atomic E-state index is 0.0476. The maximum absolute atomic E-state index is 12.4. The molecule has 0 spiro atoms. The highest BCUT2D eigenvalue weighted by molar-refractivity contribution is 5.78. The molecule has 0 fully saturated rings. The number of carbonyl (C=O) groups is 1. The first kappa shape index (κ1) is 19.9. The lowest BCUT2D eigenvalue weighted by molar-refractivity contribution is -0.120. The van der Waals surface area contributed by atoms with E-state index in [1.165, 1.54) is 11.1 Å². The van der Waals surface area contributed by atoms with Crippen LogP contribution in [0.1, 0.15) is 30.5 Å². The van der Waals surface area contributed by atoms with Crippen LogP contribution < -0.4 is 5.32 Å². The minimum atomic E-state index is 0.0476. The first-order valence-electron chi connectivity index (χ1n) is 9.97. The van der Waals surface area contributed by atoms with Crippen molar-refractivity contribution in [2.75, 3.05) is 13.1 Å². The molecule has 0 aliphatic rings. The molecule has 146 valence electrons. The molecule has 1 aromatic heterocycles. The van der Waals surface area contributed by atoms with E-state index in [1.807, 2.05) is 54.9 Å². The van der Waals surface area contributed by atoms with E-state index < -0.39 is 0 Å². The predicted molar refractivity (Wildman–Crippen MR) is 114 cm³/mol. The molecule has 1 N–H and O–H groups in total. The third-order valence-electron chi connectivity index (χ3n) is 5.09. The maximum atomic E-state index is 12.4. The molecule has 0 aliphatic heterocycles. The van der Waals surface area contributed by atoms with E-state index in [0.717, 1.165) is 30.9 Å². The van der Waals surface area contributed by atoms with Crippen LogP contribution in [0.2, 0.25) is 0 Å². The van der Waals surface area contributed by atoms with Crippen molar-refractivity contribution in [1.29, 1.82) is 0 Å². The van der Waals surface area contributed by atoms with Gasteiger partial charge in [-0.25, -0.2) is 0 Å². The number of nitrogens with zero attached hydrogens (tertiary/aromatic N) is 2. The van der Waals surface area contributed by atoms with Gasteiger partial charge in [0, 0.05) is 31.2 Å². The second-order valence-electron chi connectivity index (χ2n) is 6.94. The second kappa shape index (κ2) is 9.90. The van der Waals surface area contributed by atoms with Crippen molar-refractivity contribution in [1.82, 2.24) is 14.8 Å². The molecule has 4 nitrogen and oxygen atoms in total. The number of hydrogen-bond acceptors (Lipinski definition) is 2. The average molecular weight is 376 g/mol. The van der Waals surface area contributed by atoms with Gasteiger partial charge in [0.2, 0.25) is 5.91 Å². The summed E-state index contributed by atoms with van der Waals surface area (Å²) >= 11 is 0. The largest absolute Gasteiger partial charge is 0.352 e. The summed E-state index contributed by atoms with van der Waals surface area (Å²) < 4.78 is 2.05. The fourth-order valence-electron chi connectivity index (χ4n) is 3.31. The molecule has 3 aromatic rings. The summed E-state index contributed by atoms with van der Waals surface area (Å²) in [7, 11) is 0. The van der Waals surface area contributed by atoms with Crippen LogP contribution in [0.3, 0.4) is 0 Å². The SMILES string of the molecule is CCN(CC)Cc1ccccc1CNC(=O)Cc1ccc(-n2cccc2)cc1. The zero-order chi connectivity index (χ0) is 19.8. The average Bonchev–Trinajstić information content (AvgIpc) is 3.26. The molecule has 0 bridgehead atoms. The molecule has 0 atom stereocenters. The summed E-state index contributed by atoms with van der Waals surface area (Å²) in [5.74, 6) is 0.0476. The fraction of sp³-hybridized carbons (Fsp3) is 0.292. The highest BCUT2D eigenvalue weighted by Gasteiger charge is 2.08. The zero-order valence-electron chi connectivity index (χ0n) is 16.8. The standard InChI is InChI=1S/C24H29N3O/c1-3-26(4-2)19-22-10-6-5-9-21(22)18-25-24(28)17-20-11-13-23(14-12-20)27-15-7-8-16-27/h5-16H,3-4,17-19H2,1-2H3,(H,25,28). The van der Waals surface area contributed by atoms with E-state index in [-0.39, 0.29) is 5.91 Å². The Hall–Kier alpha value is -2.85. The lowest BCUT2D eigenvalue weighted by Crippen LogP contribution is -2.27. The summed E-state index contributed by atoms with van der Waals surface area (Å²) in [6.45, 7) is 7.88. The second-order valence-corrected chi connectivity index (χ2v) is 6.94. The van der Waals surface area contributed by atoms with Crippen molar-refractivity contribution in [2.45, 2.75) is 33.4 Å². The molecule has 3 rings (SSSR count). The van der Waals surface area contributed by atoms with Crippen molar-refractivity contribution >= 4 is 5.91 Å². The van der Waals surface area contributed by atoms with E-state index in [1.54, 1.807) is 0 Å².